The van der Waals surface area contributed by atoms with Crippen LogP contribution >= 0.6 is 0 Å². The summed E-state index contributed by atoms with van der Waals surface area (Å²) in [5.74, 6) is 1.53. The number of carbonyl (C=O) groups is 1. The monoisotopic (exact) mass is 316 g/mol. The molecule has 0 N–H and O–H groups in total. The van der Waals surface area contributed by atoms with Crippen molar-refractivity contribution in [1.29, 1.82) is 0 Å². The van der Waals surface area contributed by atoms with Crippen molar-refractivity contribution in [3.05, 3.63) is 94.5 Å². The standard InChI is InChI=1S/C22H20O2/c1-15-4-10-20(11-5-15)24-21-12-8-18(9-13-21)22(23)19-7-6-16(2)17(3)14-19/h4-14H,1-3H3. The minimum atomic E-state index is 0.0278. The van der Waals surface area contributed by atoms with Crippen molar-refractivity contribution in [2.24, 2.45) is 0 Å². The number of rotatable bonds is 4. The molecule has 3 rings (SSSR count). The van der Waals surface area contributed by atoms with Gasteiger partial charge in [0.15, 0.2) is 5.78 Å². The molecule has 0 saturated heterocycles. The molecule has 0 bridgehead atoms. The maximum atomic E-state index is 12.6. The molecule has 0 saturated carbocycles. The summed E-state index contributed by atoms with van der Waals surface area (Å²) >= 11 is 0. The van der Waals surface area contributed by atoms with Crippen molar-refractivity contribution in [1.82, 2.24) is 0 Å². The molecule has 2 nitrogen and oxygen atoms in total. The number of ketones is 1. The van der Waals surface area contributed by atoms with Gasteiger partial charge in [-0.05, 0) is 74.4 Å². The smallest absolute Gasteiger partial charge is 0.193 e. The van der Waals surface area contributed by atoms with Gasteiger partial charge in [0, 0.05) is 11.1 Å². The van der Waals surface area contributed by atoms with Crippen LogP contribution in [0.25, 0.3) is 0 Å². The molecule has 120 valence electrons. The van der Waals surface area contributed by atoms with Crippen LogP contribution in [-0.2, 0) is 0 Å². The van der Waals surface area contributed by atoms with E-state index in [4.69, 9.17) is 4.74 Å². The Labute approximate surface area is 142 Å². The Morgan fingerprint density at radius 2 is 1.21 bits per heavy atom. The Kier molecular flexibility index (Phi) is 4.48. The van der Waals surface area contributed by atoms with Crippen LogP contribution in [-0.4, -0.2) is 5.78 Å². The molecule has 0 unspecified atom stereocenters. The maximum absolute atomic E-state index is 12.6. The SMILES string of the molecule is Cc1ccc(Oc2ccc(C(=O)c3ccc(C)c(C)c3)cc2)cc1. The Hall–Kier alpha value is -2.87. The normalized spacial score (nSPS) is 10.5. The van der Waals surface area contributed by atoms with Crippen LogP contribution in [0.1, 0.15) is 32.6 Å². The zero-order valence-corrected chi connectivity index (χ0v) is 14.2. The van der Waals surface area contributed by atoms with Crippen LogP contribution in [0.4, 0.5) is 0 Å². The molecule has 3 aromatic carbocycles. The maximum Gasteiger partial charge on any atom is 0.193 e. The summed E-state index contributed by atoms with van der Waals surface area (Å²) in [5.41, 5.74) is 4.88. The van der Waals surface area contributed by atoms with Crippen molar-refractivity contribution in [3.63, 3.8) is 0 Å². The molecule has 2 heteroatoms. The molecular weight excluding hydrogens is 296 g/mol. The Bertz CT molecular complexity index is 859. The summed E-state index contributed by atoms with van der Waals surface area (Å²) in [7, 11) is 0. The third-order valence-electron chi connectivity index (χ3n) is 4.14. The van der Waals surface area contributed by atoms with Crippen LogP contribution in [0.2, 0.25) is 0 Å². The van der Waals surface area contributed by atoms with Crippen molar-refractivity contribution < 1.29 is 9.53 Å². The fraction of sp³-hybridized carbons (Fsp3) is 0.136. The predicted octanol–water partition coefficient (Wildman–Crippen LogP) is 5.64. The van der Waals surface area contributed by atoms with Gasteiger partial charge in [0.1, 0.15) is 11.5 Å². The molecule has 0 radical (unpaired) electrons. The van der Waals surface area contributed by atoms with Crippen LogP contribution in [0.5, 0.6) is 11.5 Å². The highest BCUT2D eigenvalue weighted by Crippen LogP contribution is 2.23. The third-order valence-corrected chi connectivity index (χ3v) is 4.14. The topological polar surface area (TPSA) is 26.3 Å². The molecule has 0 fully saturated rings. The van der Waals surface area contributed by atoms with E-state index in [9.17, 15) is 4.79 Å². The molecule has 0 heterocycles. The lowest BCUT2D eigenvalue weighted by molar-refractivity contribution is 0.103. The van der Waals surface area contributed by atoms with Crippen molar-refractivity contribution in [3.8, 4) is 11.5 Å². The molecule has 0 aromatic heterocycles. The van der Waals surface area contributed by atoms with Gasteiger partial charge in [0.25, 0.3) is 0 Å². The van der Waals surface area contributed by atoms with Gasteiger partial charge in [0.05, 0.1) is 0 Å². The summed E-state index contributed by atoms with van der Waals surface area (Å²) in [4.78, 5) is 12.6. The minimum absolute atomic E-state index is 0.0278. The lowest BCUT2D eigenvalue weighted by Crippen LogP contribution is -2.02. The number of ether oxygens (including phenoxy) is 1. The molecular formula is C22H20O2. The number of carbonyl (C=O) groups excluding carboxylic acids is 1. The largest absolute Gasteiger partial charge is 0.457 e. The lowest BCUT2D eigenvalue weighted by atomic mass is 9.99. The van der Waals surface area contributed by atoms with E-state index in [1.807, 2.05) is 75.4 Å². The first-order chi connectivity index (χ1) is 11.5. The van der Waals surface area contributed by atoms with E-state index in [2.05, 4.69) is 0 Å². The highest BCUT2D eigenvalue weighted by atomic mass is 16.5. The van der Waals surface area contributed by atoms with Gasteiger partial charge in [-0.25, -0.2) is 0 Å². The second kappa shape index (κ2) is 6.71. The van der Waals surface area contributed by atoms with Gasteiger partial charge in [-0.15, -0.1) is 0 Å². The Morgan fingerprint density at radius 1 is 0.667 bits per heavy atom. The summed E-state index contributed by atoms with van der Waals surface area (Å²) in [6.45, 7) is 6.10. The average molecular weight is 316 g/mol. The van der Waals surface area contributed by atoms with Gasteiger partial charge in [0.2, 0.25) is 0 Å². The van der Waals surface area contributed by atoms with Crippen molar-refractivity contribution >= 4 is 5.78 Å². The summed E-state index contributed by atoms with van der Waals surface area (Å²) in [6, 6.07) is 20.9. The highest BCUT2D eigenvalue weighted by molar-refractivity contribution is 6.09. The van der Waals surface area contributed by atoms with E-state index in [-0.39, 0.29) is 5.78 Å². The number of benzene rings is 3. The zero-order chi connectivity index (χ0) is 17.1. The molecule has 0 spiro atoms. The third kappa shape index (κ3) is 3.54. The first-order valence-corrected chi connectivity index (χ1v) is 7.99. The van der Waals surface area contributed by atoms with Crippen LogP contribution in [0, 0.1) is 20.8 Å². The number of aryl methyl sites for hydroxylation is 3. The van der Waals surface area contributed by atoms with E-state index in [1.165, 1.54) is 11.1 Å². The molecule has 24 heavy (non-hydrogen) atoms. The minimum Gasteiger partial charge on any atom is -0.457 e. The Morgan fingerprint density at radius 3 is 1.79 bits per heavy atom. The molecule has 0 aliphatic rings. The summed E-state index contributed by atoms with van der Waals surface area (Å²) in [5, 5.41) is 0. The van der Waals surface area contributed by atoms with Crippen molar-refractivity contribution in [2.45, 2.75) is 20.8 Å². The fourth-order valence-corrected chi connectivity index (χ4v) is 2.47. The van der Waals surface area contributed by atoms with E-state index in [1.54, 1.807) is 12.1 Å². The Balaban J connectivity index is 1.77. The molecule has 0 aliphatic carbocycles. The second-order valence-electron chi connectivity index (χ2n) is 6.07. The molecule has 3 aromatic rings. The number of hydrogen-bond donors (Lipinski definition) is 0. The molecule has 0 atom stereocenters. The zero-order valence-electron chi connectivity index (χ0n) is 14.2. The van der Waals surface area contributed by atoms with Crippen LogP contribution in [0.15, 0.2) is 66.7 Å². The fourth-order valence-electron chi connectivity index (χ4n) is 2.47. The van der Waals surface area contributed by atoms with Gasteiger partial charge >= 0.3 is 0 Å². The summed E-state index contributed by atoms with van der Waals surface area (Å²) in [6.07, 6.45) is 0. The van der Waals surface area contributed by atoms with Gasteiger partial charge < -0.3 is 4.74 Å². The van der Waals surface area contributed by atoms with Gasteiger partial charge in [-0.3, -0.25) is 4.79 Å². The van der Waals surface area contributed by atoms with E-state index in [0.29, 0.717) is 11.1 Å². The first kappa shape index (κ1) is 16.0. The van der Waals surface area contributed by atoms with E-state index in [0.717, 1.165) is 17.1 Å². The highest BCUT2D eigenvalue weighted by Gasteiger charge is 2.10. The second-order valence-corrected chi connectivity index (χ2v) is 6.07. The van der Waals surface area contributed by atoms with Gasteiger partial charge in [-0.1, -0.05) is 29.8 Å². The quantitative estimate of drug-likeness (QED) is 0.583. The summed E-state index contributed by atoms with van der Waals surface area (Å²) < 4.78 is 5.80. The first-order valence-electron chi connectivity index (χ1n) is 7.99. The van der Waals surface area contributed by atoms with E-state index < -0.39 is 0 Å². The van der Waals surface area contributed by atoms with Crippen molar-refractivity contribution in [2.75, 3.05) is 0 Å². The number of hydrogen-bond acceptors (Lipinski definition) is 2. The van der Waals surface area contributed by atoms with Crippen LogP contribution < -0.4 is 4.74 Å². The molecule has 0 aliphatic heterocycles. The lowest BCUT2D eigenvalue weighted by Gasteiger charge is -2.08. The van der Waals surface area contributed by atoms with Gasteiger partial charge in [-0.2, -0.15) is 0 Å². The van der Waals surface area contributed by atoms with Crippen LogP contribution in [0.3, 0.4) is 0 Å². The molecule has 0 amide bonds. The van der Waals surface area contributed by atoms with E-state index >= 15 is 0 Å². The average Bonchev–Trinajstić information content (AvgIpc) is 2.59. The predicted molar refractivity (Wildman–Crippen MR) is 97.0 cm³/mol.